The topological polar surface area (TPSA) is 75.7 Å². The van der Waals surface area contributed by atoms with E-state index in [9.17, 15) is 13.2 Å². The number of nitrogens with zero attached hydrogens (tertiary/aromatic N) is 1. The second kappa shape index (κ2) is 8.91. The molecule has 0 aliphatic rings. The number of hydrogen-bond donors (Lipinski definition) is 1. The van der Waals surface area contributed by atoms with Crippen molar-refractivity contribution in [2.45, 2.75) is 13.5 Å². The van der Waals surface area contributed by atoms with Crippen LogP contribution in [-0.4, -0.2) is 33.7 Å². The molecule has 1 N–H and O–H groups in total. The van der Waals surface area contributed by atoms with Crippen molar-refractivity contribution >= 4 is 33.2 Å². The van der Waals surface area contributed by atoms with E-state index in [1.807, 2.05) is 31.2 Å². The average Bonchev–Trinajstić information content (AvgIpc) is 2.59. The van der Waals surface area contributed by atoms with Gasteiger partial charge in [0.15, 0.2) is 0 Å². The van der Waals surface area contributed by atoms with Gasteiger partial charge in [-0.05, 0) is 37.3 Å². The number of rotatable bonds is 8. The van der Waals surface area contributed by atoms with Crippen LogP contribution in [0.2, 0.25) is 5.02 Å². The fourth-order valence-corrected chi connectivity index (χ4v) is 3.32. The maximum Gasteiger partial charge on any atom is 0.241 e. The van der Waals surface area contributed by atoms with Gasteiger partial charge in [-0.15, -0.1) is 0 Å². The summed E-state index contributed by atoms with van der Waals surface area (Å²) >= 11 is 5.84. The number of halogens is 1. The van der Waals surface area contributed by atoms with E-state index in [0.717, 1.165) is 16.1 Å². The number of para-hydroxylation sites is 1. The van der Waals surface area contributed by atoms with Gasteiger partial charge in [0.2, 0.25) is 15.9 Å². The number of sulfonamides is 1. The Kier molecular flexibility index (Phi) is 6.88. The van der Waals surface area contributed by atoms with Gasteiger partial charge in [-0.3, -0.25) is 9.10 Å². The third kappa shape index (κ3) is 5.64. The maximum atomic E-state index is 12.3. The number of anilines is 1. The van der Waals surface area contributed by atoms with Crippen molar-refractivity contribution in [2.75, 3.05) is 23.7 Å². The molecule has 0 saturated carbocycles. The monoisotopic (exact) mass is 396 g/mol. The Morgan fingerprint density at radius 3 is 2.42 bits per heavy atom. The Morgan fingerprint density at radius 2 is 1.81 bits per heavy atom. The van der Waals surface area contributed by atoms with Crippen LogP contribution in [0.5, 0.6) is 5.75 Å². The molecule has 2 rings (SSSR count). The van der Waals surface area contributed by atoms with E-state index in [-0.39, 0.29) is 13.1 Å². The predicted molar refractivity (Wildman–Crippen MR) is 103 cm³/mol. The molecular weight excluding hydrogens is 376 g/mol. The van der Waals surface area contributed by atoms with Crippen LogP contribution in [0.1, 0.15) is 12.5 Å². The minimum atomic E-state index is -3.62. The molecule has 0 heterocycles. The first-order chi connectivity index (χ1) is 12.3. The lowest BCUT2D eigenvalue weighted by molar-refractivity contribution is -0.119. The predicted octanol–water partition coefficient (Wildman–Crippen LogP) is 2.82. The van der Waals surface area contributed by atoms with Crippen LogP contribution in [0.4, 0.5) is 5.69 Å². The van der Waals surface area contributed by atoms with Crippen LogP contribution in [0.15, 0.2) is 48.5 Å². The molecule has 0 aliphatic heterocycles. The summed E-state index contributed by atoms with van der Waals surface area (Å²) in [4.78, 5) is 12.3. The summed E-state index contributed by atoms with van der Waals surface area (Å²) in [6.45, 7) is 2.32. The highest BCUT2D eigenvalue weighted by atomic mass is 35.5. The van der Waals surface area contributed by atoms with Crippen LogP contribution >= 0.6 is 11.6 Å². The van der Waals surface area contributed by atoms with Crippen LogP contribution in [0.3, 0.4) is 0 Å². The minimum Gasteiger partial charge on any atom is -0.494 e. The summed E-state index contributed by atoms with van der Waals surface area (Å²) in [6, 6.07) is 13.6. The van der Waals surface area contributed by atoms with Crippen molar-refractivity contribution in [2.24, 2.45) is 0 Å². The molecule has 0 atom stereocenters. The van der Waals surface area contributed by atoms with Gasteiger partial charge in [-0.25, -0.2) is 8.42 Å². The first-order valence-electron chi connectivity index (χ1n) is 8.02. The van der Waals surface area contributed by atoms with Crippen molar-refractivity contribution in [1.82, 2.24) is 5.32 Å². The number of hydrogen-bond acceptors (Lipinski definition) is 4. The van der Waals surface area contributed by atoms with Crippen molar-refractivity contribution in [1.29, 1.82) is 0 Å². The number of benzene rings is 2. The zero-order valence-electron chi connectivity index (χ0n) is 14.6. The van der Waals surface area contributed by atoms with E-state index in [2.05, 4.69) is 5.32 Å². The quantitative estimate of drug-likeness (QED) is 0.744. The number of amides is 1. The molecular formula is C18H21ClN2O4S. The molecule has 0 bridgehead atoms. The third-order valence-electron chi connectivity index (χ3n) is 3.55. The van der Waals surface area contributed by atoms with E-state index in [1.165, 1.54) is 0 Å². The molecule has 0 unspecified atom stereocenters. The van der Waals surface area contributed by atoms with E-state index >= 15 is 0 Å². The standard InChI is InChI=1S/C18H21ClN2O4S/c1-3-25-17-7-5-4-6-14(17)12-20-18(22)13-21(26(2,23)24)16-10-8-15(19)9-11-16/h4-11H,3,12-13H2,1-2H3,(H,20,22). The molecule has 0 aliphatic carbocycles. The summed E-state index contributed by atoms with van der Waals surface area (Å²) < 4.78 is 30.7. The number of carbonyl (C=O) groups excluding carboxylic acids is 1. The second-order valence-corrected chi connectivity index (χ2v) is 7.91. The largest absolute Gasteiger partial charge is 0.494 e. The van der Waals surface area contributed by atoms with E-state index in [0.29, 0.717) is 23.1 Å². The summed E-state index contributed by atoms with van der Waals surface area (Å²) in [6.07, 6.45) is 1.05. The summed E-state index contributed by atoms with van der Waals surface area (Å²) in [5.74, 6) is 0.268. The zero-order valence-corrected chi connectivity index (χ0v) is 16.2. The number of ether oxygens (including phenoxy) is 1. The summed E-state index contributed by atoms with van der Waals surface area (Å²) in [7, 11) is -3.62. The first kappa shape index (κ1) is 20.1. The normalized spacial score (nSPS) is 11.0. The first-order valence-corrected chi connectivity index (χ1v) is 10.2. The van der Waals surface area contributed by atoms with Gasteiger partial charge in [0, 0.05) is 17.1 Å². The molecule has 2 aromatic carbocycles. The Bertz CT molecular complexity index is 854. The van der Waals surface area contributed by atoms with Gasteiger partial charge in [-0.1, -0.05) is 29.8 Å². The Labute approximate surface area is 158 Å². The summed E-state index contributed by atoms with van der Waals surface area (Å²) in [5.41, 5.74) is 1.20. The molecule has 0 saturated heterocycles. The summed E-state index contributed by atoms with van der Waals surface area (Å²) in [5, 5.41) is 3.22. The lowest BCUT2D eigenvalue weighted by Crippen LogP contribution is -2.40. The molecule has 1 amide bonds. The SMILES string of the molecule is CCOc1ccccc1CNC(=O)CN(c1ccc(Cl)cc1)S(C)(=O)=O. The van der Waals surface area contributed by atoms with Crippen molar-refractivity contribution < 1.29 is 17.9 Å². The molecule has 0 spiro atoms. The maximum absolute atomic E-state index is 12.3. The highest BCUT2D eigenvalue weighted by Crippen LogP contribution is 2.20. The number of nitrogens with one attached hydrogen (secondary N) is 1. The fraction of sp³-hybridized carbons (Fsp3) is 0.278. The third-order valence-corrected chi connectivity index (χ3v) is 4.94. The Hall–Kier alpha value is -2.25. The molecule has 0 aromatic heterocycles. The Balaban J connectivity index is 2.08. The fourth-order valence-electron chi connectivity index (χ4n) is 2.33. The minimum absolute atomic E-state index is 0.243. The van der Waals surface area contributed by atoms with Crippen molar-refractivity contribution in [3.05, 3.63) is 59.1 Å². The van der Waals surface area contributed by atoms with Gasteiger partial charge in [-0.2, -0.15) is 0 Å². The van der Waals surface area contributed by atoms with Crippen LogP contribution < -0.4 is 14.4 Å². The van der Waals surface area contributed by atoms with Crippen molar-refractivity contribution in [3.63, 3.8) is 0 Å². The lowest BCUT2D eigenvalue weighted by atomic mass is 10.2. The smallest absolute Gasteiger partial charge is 0.241 e. The van der Waals surface area contributed by atoms with E-state index in [4.69, 9.17) is 16.3 Å². The molecule has 0 radical (unpaired) electrons. The van der Waals surface area contributed by atoms with Gasteiger partial charge in [0.1, 0.15) is 12.3 Å². The van der Waals surface area contributed by atoms with Crippen LogP contribution in [0, 0.1) is 0 Å². The molecule has 140 valence electrons. The molecule has 6 nitrogen and oxygen atoms in total. The average molecular weight is 397 g/mol. The highest BCUT2D eigenvalue weighted by molar-refractivity contribution is 7.92. The van der Waals surface area contributed by atoms with Gasteiger partial charge in [0.25, 0.3) is 0 Å². The van der Waals surface area contributed by atoms with Gasteiger partial charge in [0.05, 0.1) is 18.6 Å². The van der Waals surface area contributed by atoms with Gasteiger partial charge < -0.3 is 10.1 Å². The van der Waals surface area contributed by atoms with Crippen molar-refractivity contribution in [3.8, 4) is 5.75 Å². The highest BCUT2D eigenvalue weighted by Gasteiger charge is 2.20. The van der Waals surface area contributed by atoms with E-state index in [1.54, 1.807) is 24.3 Å². The Morgan fingerprint density at radius 1 is 1.15 bits per heavy atom. The lowest BCUT2D eigenvalue weighted by Gasteiger charge is -2.22. The molecule has 8 heteroatoms. The molecule has 0 fully saturated rings. The van der Waals surface area contributed by atoms with E-state index < -0.39 is 15.9 Å². The van der Waals surface area contributed by atoms with Crippen LogP contribution in [0.25, 0.3) is 0 Å². The molecule has 26 heavy (non-hydrogen) atoms. The van der Waals surface area contributed by atoms with Gasteiger partial charge >= 0.3 is 0 Å². The molecule has 2 aromatic rings. The zero-order chi connectivity index (χ0) is 19.2. The van der Waals surface area contributed by atoms with Crippen LogP contribution in [-0.2, 0) is 21.4 Å². The second-order valence-electron chi connectivity index (χ2n) is 5.56. The number of carbonyl (C=O) groups is 1.